The molecule has 3 aromatic rings. The molecular formula is C20H21N5O. The molecule has 2 aromatic heterocycles. The smallest absolute Gasteiger partial charge is 0.276 e. The minimum atomic E-state index is -0.123. The first kappa shape index (κ1) is 17.5. The average Bonchev–Trinajstić information content (AvgIpc) is 3.16. The highest BCUT2D eigenvalue weighted by atomic mass is 16.2. The molecule has 0 fully saturated rings. The van der Waals surface area contributed by atoms with Gasteiger partial charge in [-0.05, 0) is 30.2 Å². The van der Waals surface area contributed by atoms with Crippen molar-refractivity contribution in [1.82, 2.24) is 24.9 Å². The van der Waals surface area contributed by atoms with Crippen LogP contribution in [-0.2, 0) is 13.1 Å². The fraction of sp³-hybridized carbons (Fsp3) is 0.200. The van der Waals surface area contributed by atoms with E-state index in [-0.39, 0.29) is 5.91 Å². The molecular weight excluding hydrogens is 326 g/mol. The number of hydrogen-bond donors (Lipinski definition) is 0. The van der Waals surface area contributed by atoms with E-state index in [1.54, 1.807) is 28.2 Å². The Morgan fingerprint density at radius 2 is 1.92 bits per heavy atom. The third-order valence-electron chi connectivity index (χ3n) is 3.95. The maximum atomic E-state index is 12.7. The van der Waals surface area contributed by atoms with Crippen LogP contribution in [0.25, 0.3) is 6.08 Å². The summed E-state index contributed by atoms with van der Waals surface area (Å²) in [6, 6.07) is 13.8. The minimum absolute atomic E-state index is 0.123. The van der Waals surface area contributed by atoms with E-state index in [1.165, 1.54) is 0 Å². The Hall–Kier alpha value is -3.28. The van der Waals surface area contributed by atoms with Gasteiger partial charge in [0.15, 0.2) is 5.69 Å². The standard InChI is InChI=1S/C20H21N5O/c1-2-24(15-18-10-12-21-13-11-18)20(26)19-16-25(23-22-19)14-6-9-17-7-4-3-5-8-17/h3-13,16H,2,14-15H2,1H3/b9-6+. The quantitative estimate of drug-likeness (QED) is 0.659. The molecule has 26 heavy (non-hydrogen) atoms. The van der Waals surface area contributed by atoms with Gasteiger partial charge in [-0.25, -0.2) is 4.68 Å². The predicted molar refractivity (Wildman–Crippen MR) is 100 cm³/mol. The number of carbonyl (C=O) groups is 1. The lowest BCUT2D eigenvalue weighted by molar-refractivity contribution is 0.0746. The topological polar surface area (TPSA) is 63.9 Å². The first-order valence-corrected chi connectivity index (χ1v) is 8.56. The van der Waals surface area contributed by atoms with E-state index in [0.717, 1.165) is 11.1 Å². The van der Waals surface area contributed by atoms with Crippen molar-refractivity contribution in [2.45, 2.75) is 20.0 Å². The first-order valence-electron chi connectivity index (χ1n) is 8.56. The van der Waals surface area contributed by atoms with Gasteiger partial charge in [0, 0.05) is 25.5 Å². The lowest BCUT2D eigenvalue weighted by Gasteiger charge is -2.19. The monoisotopic (exact) mass is 347 g/mol. The number of allylic oxidation sites excluding steroid dienone is 1. The Morgan fingerprint density at radius 3 is 2.65 bits per heavy atom. The summed E-state index contributed by atoms with van der Waals surface area (Å²) in [7, 11) is 0. The van der Waals surface area contributed by atoms with Crippen LogP contribution in [-0.4, -0.2) is 37.3 Å². The molecule has 2 heterocycles. The number of carbonyl (C=O) groups excluding carboxylic acids is 1. The molecule has 0 N–H and O–H groups in total. The van der Waals surface area contributed by atoms with Crippen LogP contribution in [0.2, 0.25) is 0 Å². The molecule has 0 saturated heterocycles. The fourth-order valence-corrected chi connectivity index (χ4v) is 2.54. The summed E-state index contributed by atoms with van der Waals surface area (Å²) < 4.78 is 1.66. The van der Waals surface area contributed by atoms with Crippen LogP contribution in [0.3, 0.4) is 0 Å². The summed E-state index contributed by atoms with van der Waals surface area (Å²) in [6.07, 6.45) is 9.15. The lowest BCUT2D eigenvalue weighted by Crippen LogP contribution is -2.30. The molecule has 0 aliphatic carbocycles. The zero-order valence-corrected chi connectivity index (χ0v) is 14.7. The van der Waals surface area contributed by atoms with Gasteiger partial charge in [-0.1, -0.05) is 47.7 Å². The van der Waals surface area contributed by atoms with Crippen molar-refractivity contribution in [2.24, 2.45) is 0 Å². The van der Waals surface area contributed by atoms with Crippen LogP contribution in [0, 0.1) is 0 Å². The predicted octanol–water partition coefficient (Wildman–Crippen LogP) is 3.05. The maximum absolute atomic E-state index is 12.7. The number of nitrogens with zero attached hydrogens (tertiary/aromatic N) is 5. The molecule has 0 aliphatic rings. The number of aromatic nitrogens is 4. The van der Waals surface area contributed by atoms with E-state index in [4.69, 9.17) is 0 Å². The second-order valence-electron chi connectivity index (χ2n) is 5.81. The number of pyridine rings is 1. The van der Waals surface area contributed by atoms with E-state index < -0.39 is 0 Å². The second kappa shape index (κ2) is 8.71. The van der Waals surface area contributed by atoms with Crippen molar-refractivity contribution in [3.8, 4) is 0 Å². The van der Waals surface area contributed by atoms with Crippen LogP contribution < -0.4 is 0 Å². The fourth-order valence-electron chi connectivity index (χ4n) is 2.54. The Labute approximate surface area is 152 Å². The molecule has 0 unspecified atom stereocenters. The van der Waals surface area contributed by atoms with Crippen LogP contribution >= 0.6 is 0 Å². The summed E-state index contributed by atoms with van der Waals surface area (Å²) in [5, 5.41) is 8.08. The SMILES string of the molecule is CCN(Cc1ccncc1)C(=O)c1cn(C/C=C/c2ccccc2)nn1. The van der Waals surface area contributed by atoms with E-state index >= 15 is 0 Å². The van der Waals surface area contributed by atoms with Crippen LogP contribution in [0.4, 0.5) is 0 Å². The number of benzene rings is 1. The van der Waals surface area contributed by atoms with E-state index in [1.807, 2.05) is 61.5 Å². The molecule has 0 saturated carbocycles. The van der Waals surface area contributed by atoms with Crippen molar-refractivity contribution in [1.29, 1.82) is 0 Å². The summed E-state index contributed by atoms with van der Waals surface area (Å²) in [6.45, 7) is 3.64. The van der Waals surface area contributed by atoms with Gasteiger partial charge in [-0.3, -0.25) is 9.78 Å². The van der Waals surface area contributed by atoms with Gasteiger partial charge < -0.3 is 4.90 Å². The van der Waals surface area contributed by atoms with Gasteiger partial charge in [0.05, 0.1) is 12.7 Å². The molecule has 0 radical (unpaired) electrons. The highest BCUT2D eigenvalue weighted by Gasteiger charge is 2.17. The van der Waals surface area contributed by atoms with Gasteiger partial charge >= 0.3 is 0 Å². The normalized spacial score (nSPS) is 11.0. The van der Waals surface area contributed by atoms with Crippen molar-refractivity contribution >= 4 is 12.0 Å². The van der Waals surface area contributed by atoms with E-state index in [2.05, 4.69) is 15.3 Å². The average molecular weight is 347 g/mol. The Kier molecular flexibility index (Phi) is 5.88. The number of rotatable bonds is 7. The van der Waals surface area contributed by atoms with Gasteiger partial charge in [0.2, 0.25) is 0 Å². The highest BCUT2D eigenvalue weighted by molar-refractivity contribution is 5.91. The largest absolute Gasteiger partial charge is 0.333 e. The molecule has 1 amide bonds. The van der Waals surface area contributed by atoms with Crippen molar-refractivity contribution < 1.29 is 4.79 Å². The number of amides is 1. The van der Waals surface area contributed by atoms with Crippen LogP contribution in [0.15, 0.2) is 67.1 Å². The van der Waals surface area contributed by atoms with Gasteiger partial charge in [-0.2, -0.15) is 0 Å². The zero-order valence-electron chi connectivity index (χ0n) is 14.7. The van der Waals surface area contributed by atoms with Crippen molar-refractivity contribution in [3.63, 3.8) is 0 Å². The van der Waals surface area contributed by atoms with Gasteiger partial charge in [-0.15, -0.1) is 5.10 Å². The van der Waals surface area contributed by atoms with Gasteiger partial charge in [0.1, 0.15) is 0 Å². The van der Waals surface area contributed by atoms with E-state index in [0.29, 0.717) is 25.3 Å². The Bertz CT molecular complexity index is 858. The van der Waals surface area contributed by atoms with Gasteiger partial charge in [0.25, 0.3) is 5.91 Å². The second-order valence-corrected chi connectivity index (χ2v) is 5.81. The highest BCUT2D eigenvalue weighted by Crippen LogP contribution is 2.08. The molecule has 6 heteroatoms. The molecule has 6 nitrogen and oxygen atoms in total. The lowest BCUT2D eigenvalue weighted by atomic mass is 10.2. The molecule has 1 aromatic carbocycles. The van der Waals surface area contributed by atoms with Crippen molar-refractivity contribution in [2.75, 3.05) is 6.54 Å². The molecule has 0 aliphatic heterocycles. The minimum Gasteiger partial charge on any atom is -0.333 e. The molecule has 3 rings (SSSR count). The Balaban J connectivity index is 1.62. The third kappa shape index (κ3) is 4.63. The summed E-state index contributed by atoms with van der Waals surface area (Å²) in [5.41, 5.74) is 2.51. The molecule has 0 spiro atoms. The molecule has 0 bridgehead atoms. The summed E-state index contributed by atoms with van der Waals surface area (Å²) in [5.74, 6) is -0.123. The number of hydrogen-bond acceptors (Lipinski definition) is 4. The van der Waals surface area contributed by atoms with Crippen LogP contribution in [0.1, 0.15) is 28.5 Å². The van der Waals surface area contributed by atoms with E-state index in [9.17, 15) is 4.79 Å². The van der Waals surface area contributed by atoms with Crippen LogP contribution in [0.5, 0.6) is 0 Å². The third-order valence-corrected chi connectivity index (χ3v) is 3.95. The van der Waals surface area contributed by atoms with Crippen molar-refractivity contribution in [3.05, 3.63) is 84.0 Å². The molecule has 0 atom stereocenters. The Morgan fingerprint density at radius 1 is 1.15 bits per heavy atom. The zero-order chi connectivity index (χ0) is 18.2. The molecule has 132 valence electrons. The maximum Gasteiger partial charge on any atom is 0.276 e. The summed E-state index contributed by atoms with van der Waals surface area (Å²) in [4.78, 5) is 18.4. The first-order chi connectivity index (χ1) is 12.8. The summed E-state index contributed by atoms with van der Waals surface area (Å²) >= 11 is 0.